The van der Waals surface area contributed by atoms with Crippen molar-refractivity contribution in [1.29, 1.82) is 0 Å². The summed E-state index contributed by atoms with van der Waals surface area (Å²) in [5.74, 6) is 0. The van der Waals surface area contributed by atoms with Crippen LogP contribution in [0.2, 0.25) is 0 Å². The summed E-state index contributed by atoms with van der Waals surface area (Å²) in [5.41, 5.74) is 0. The quantitative estimate of drug-likeness (QED) is 0.416. The van der Waals surface area contributed by atoms with Gasteiger partial charge in [0.05, 0.1) is 13.3 Å². The molecule has 0 saturated carbocycles. The van der Waals surface area contributed by atoms with Crippen molar-refractivity contribution in [3.8, 4) is 0 Å². The molecule has 0 saturated heterocycles. The van der Waals surface area contributed by atoms with Crippen molar-refractivity contribution in [3.05, 3.63) is 0 Å². The monoisotopic (exact) mass is 79.0 g/mol. The standard InChI is InChI=1S/C2H7OP/c1-4(2)3/h3H,1-2H3/p+1. The minimum Gasteiger partial charge on any atom is -0.255 e. The van der Waals surface area contributed by atoms with Gasteiger partial charge in [-0.1, -0.05) is 0 Å². The highest BCUT2D eigenvalue weighted by molar-refractivity contribution is 7.49. The van der Waals surface area contributed by atoms with Gasteiger partial charge in [0.15, 0.2) is 0 Å². The van der Waals surface area contributed by atoms with Crippen molar-refractivity contribution in [1.82, 2.24) is 0 Å². The molecule has 0 radical (unpaired) electrons. The zero-order chi connectivity index (χ0) is 3.58. The zero-order valence-electron chi connectivity index (χ0n) is 2.95. The molecule has 0 unspecified atom stereocenters. The fourth-order valence-corrected chi connectivity index (χ4v) is 0. The lowest BCUT2D eigenvalue weighted by molar-refractivity contribution is 0.637. The maximum atomic E-state index is 8.16. The van der Waals surface area contributed by atoms with Crippen LogP contribution in [0.15, 0.2) is 0 Å². The van der Waals surface area contributed by atoms with Crippen LogP contribution in [-0.2, 0) is 0 Å². The number of hydrogen-bond acceptors (Lipinski definition) is 1. The molecule has 0 fully saturated rings. The largest absolute Gasteiger partial charge is 0.255 e. The molecule has 0 aromatic carbocycles. The van der Waals surface area contributed by atoms with Crippen LogP contribution in [0.4, 0.5) is 0 Å². The van der Waals surface area contributed by atoms with Crippen LogP contribution in [-0.4, -0.2) is 18.2 Å². The molecule has 0 spiro atoms. The lowest BCUT2D eigenvalue weighted by atomic mass is 11.9. The highest BCUT2D eigenvalue weighted by atomic mass is 31.1. The fourth-order valence-electron chi connectivity index (χ4n) is 0. The topological polar surface area (TPSA) is 20.2 Å². The predicted octanol–water partition coefficient (Wildman–Crippen LogP) is 0.367. The van der Waals surface area contributed by atoms with Gasteiger partial charge < -0.3 is 0 Å². The van der Waals surface area contributed by atoms with Crippen LogP contribution in [0.3, 0.4) is 0 Å². The lowest BCUT2D eigenvalue weighted by Gasteiger charge is -1.70. The van der Waals surface area contributed by atoms with Crippen LogP contribution in [0.1, 0.15) is 0 Å². The molecule has 0 rings (SSSR count). The molecule has 0 atom stereocenters. The molecule has 0 bridgehead atoms. The van der Waals surface area contributed by atoms with Gasteiger partial charge in [-0.05, 0) is 0 Å². The van der Waals surface area contributed by atoms with E-state index in [1.54, 1.807) is 0 Å². The Bertz CT molecular complexity index is 10.8. The second kappa shape index (κ2) is 1.68. The Hall–Kier alpha value is 0.390. The van der Waals surface area contributed by atoms with Crippen molar-refractivity contribution >= 4 is 8.15 Å². The van der Waals surface area contributed by atoms with Crippen LogP contribution in [0.25, 0.3) is 0 Å². The summed E-state index contributed by atoms with van der Waals surface area (Å²) in [6.07, 6.45) is 0. The maximum absolute atomic E-state index is 8.16. The highest BCUT2D eigenvalue weighted by Gasteiger charge is 1.78. The first-order valence-corrected chi connectivity index (χ1v) is 3.67. The van der Waals surface area contributed by atoms with Crippen molar-refractivity contribution in [2.24, 2.45) is 0 Å². The maximum Gasteiger partial charge on any atom is 0.123 e. The van der Waals surface area contributed by atoms with Gasteiger partial charge in [0.2, 0.25) is 0 Å². The van der Waals surface area contributed by atoms with E-state index in [4.69, 9.17) is 4.89 Å². The first-order chi connectivity index (χ1) is 1.73. The summed E-state index contributed by atoms with van der Waals surface area (Å²) in [6.45, 7) is 3.65. The summed E-state index contributed by atoms with van der Waals surface area (Å²) in [7, 11) is -0.880. The van der Waals surface area contributed by atoms with Gasteiger partial charge >= 0.3 is 0 Å². The Balaban J connectivity index is 2.32. The van der Waals surface area contributed by atoms with Gasteiger partial charge in [0, 0.05) is 0 Å². The first-order valence-electron chi connectivity index (χ1n) is 1.22. The van der Waals surface area contributed by atoms with Crippen molar-refractivity contribution in [2.75, 3.05) is 13.3 Å². The number of hydrogen-bond donors (Lipinski definition) is 1. The van der Waals surface area contributed by atoms with E-state index in [1.807, 2.05) is 13.3 Å². The summed E-state index contributed by atoms with van der Waals surface area (Å²) in [5, 5.41) is 0. The second-order valence-electron chi connectivity index (χ2n) is 0.947. The van der Waals surface area contributed by atoms with Crippen molar-refractivity contribution < 1.29 is 4.89 Å². The second-order valence-corrected chi connectivity index (χ2v) is 2.84. The SMILES string of the molecule is C[PH+](C)O. The van der Waals surface area contributed by atoms with Crippen LogP contribution < -0.4 is 0 Å². The van der Waals surface area contributed by atoms with Crippen molar-refractivity contribution in [3.63, 3.8) is 0 Å². The summed E-state index contributed by atoms with van der Waals surface area (Å²) < 4.78 is 0. The molecule has 0 aliphatic carbocycles. The molecule has 0 aromatic heterocycles. The van der Waals surface area contributed by atoms with Crippen LogP contribution in [0.5, 0.6) is 0 Å². The van der Waals surface area contributed by atoms with E-state index in [2.05, 4.69) is 0 Å². The van der Waals surface area contributed by atoms with Gasteiger partial charge in [0.1, 0.15) is 8.15 Å². The summed E-state index contributed by atoms with van der Waals surface area (Å²) in [4.78, 5) is 8.16. The summed E-state index contributed by atoms with van der Waals surface area (Å²) >= 11 is 0. The van der Waals surface area contributed by atoms with E-state index in [9.17, 15) is 0 Å². The van der Waals surface area contributed by atoms with Gasteiger partial charge in [-0.3, -0.25) is 4.89 Å². The Kier molecular flexibility index (Phi) is 1.85. The third-order valence-electron chi connectivity index (χ3n) is 0. The highest BCUT2D eigenvalue weighted by Crippen LogP contribution is 2.13. The molecular formula is C2H8OP+. The molecule has 0 aliphatic heterocycles. The summed E-state index contributed by atoms with van der Waals surface area (Å²) in [6, 6.07) is 0. The van der Waals surface area contributed by atoms with Crippen molar-refractivity contribution in [2.45, 2.75) is 0 Å². The third-order valence-corrected chi connectivity index (χ3v) is 0. The van der Waals surface area contributed by atoms with E-state index in [0.717, 1.165) is 0 Å². The minimum atomic E-state index is -0.880. The molecule has 0 heterocycles. The fraction of sp³-hybridized carbons (Fsp3) is 1.00. The van der Waals surface area contributed by atoms with E-state index < -0.39 is 8.15 Å². The van der Waals surface area contributed by atoms with Gasteiger partial charge in [-0.15, -0.1) is 0 Å². The van der Waals surface area contributed by atoms with Crippen LogP contribution in [0, 0.1) is 0 Å². The molecule has 4 heavy (non-hydrogen) atoms. The van der Waals surface area contributed by atoms with E-state index in [0.29, 0.717) is 0 Å². The number of rotatable bonds is 0. The molecule has 2 heteroatoms. The molecule has 0 aliphatic rings. The van der Waals surface area contributed by atoms with Gasteiger partial charge in [-0.2, -0.15) is 0 Å². The average molecular weight is 79.1 g/mol. The third kappa shape index (κ3) is 30.4. The molecule has 1 nitrogen and oxygen atoms in total. The normalized spacial score (nSPS) is 9.00. The Morgan fingerprint density at radius 3 is 1.50 bits per heavy atom. The average Bonchev–Trinajstić information content (AvgIpc) is 0.811. The van der Waals surface area contributed by atoms with E-state index in [-0.39, 0.29) is 0 Å². The van der Waals surface area contributed by atoms with Crippen LogP contribution >= 0.6 is 8.15 Å². The van der Waals surface area contributed by atoms with E-state index >= 15 is 0 Å². The Morgan fingerprint density at radius 1 is 1.50 bits per heavy atom. The predicted molar refractivity (Wildman–Crippen MR) is 22.4 cm³/mol. The Morgan fingerprint density at radius 2 is 1.50 bits per heavy atom. The molecular weight excluding hydrogens is 71.0 g/mol. The van der Waals surface area contributed by atoms with E-state index in [1.165, 1.54) is 0 Å². The molecule has 0 aromatic rings. The molecule has 1 N–H and O–H groups in total. The zero-order valence-corrected chi connectivity index (χ0v) is 3.95. The van der Waals surface area contributed by atoms with Gasteiger partial charge in [0.25, 0.3) is 0 Å². The molecule has 26 valence electrons. The lowest BCUT2D eigenvalue weighted by Crippen LogP contribution is -1.50. The molecule has 0 amide bonds. The van der Waals surface area contributed by atoms with Gasteiger partial charge in [-0.25, -0.2) is 0 Å². The Labute approximate surface area is 27.5 Å². The minimum absolute atomic E-state index is 0.880. The first kappa shape index (κ1) is 4.39. The smallest absolute Gasteiger partial charge is 0.123 e.